The van der Waals surface area contributed by atoms with Crippen LogP contribution in [-0.4, -0.2) is 19.1 Å². The molecule has 0 aliphatic carbocycles. The Morgan fingerprint density at radius 1 is 1.28 bits per heavy atom. The van der Waals surface area contributed by atoms with Gasteiger partial charge in [0.15, 0.2) is 0 Å². The Morgan fingerprint density at radius 3 is 2.33 bits per heavy atom. The van der Waals surface area contributed by atoms with Gasteiger partial charge in [0, 0.05) is 0 Å². The van der Waals surface area contributed by atoms with E-state index in [2.05, 4.69) is 5.32 Å². The Morgan fingerprint density at radius 2 is 1.89 bits per heavy atom. The number of ether oxygens (including phenoxy) is 1. The third kappa shape index (κ3) is 2.88. The molecule has 1 aromatic rings. The number of hydrogen-bond acceptors (Lipinski definition) is 3. The summed E-state index contributed by atoms with van der Waals surface area (Å²) in [5, 5.41) is 3.17. The molecule has 1 unspecified atom stereocenters. The third-order valence-corrected chi connectivity index (χ3v) is 2.97. The maximum Gasteiger partial charge on any atom is 0.330 e. The number of rotatable bonds is 6. The van der Waals surface area contributed by atoms with Crippen molar-refractivity contribution < 1.29 is 13.9 Å². The molecule has 0 saturated carbocycles. The molecule has 0 aliphatic rings. The van der Waals surface area contributed by atoms with Gasteiger partial charge in [-0.05, 0) is 37.6 Å². The second kappa shape index (κ2) is 6.50. The van der Waals surface area contributed by atoms with E-state index in [-0.39, 0.29) is 11.8 Å². The average Bonchev–Trinajstić information content (AvgIpc) is 2.37. The van der Waals surface area contributed by atoms with Gasteiger partial charge < -0.3 is 4.74 Å². The van der Waals surface area contributed by atoms with Crippen LogP contribution < -0.4 is 5.32 Å². The molecule has 0 fully saturated rings. The lowest BCUT2D eigenvalue weighted by atomic mass is 9.87. The van der Waals surface area contributed by atoms with E-state index in [1.807, 2.05) is 13.8 Å². The summed E-state index contributed by atoms with van der Waals surface area (Å²) in [5.41, 5.74) is -0.162. The highest BCUT2D eigenvalue weighted by Crippen LogP contribution is 2.27. The standard InChI is InChI=1S/C14H20FNO2/c1-4-14(16-5-2,13(17)18-6-3)11-7-9-12(15)10-8-11/h7-10,16H,4-6H2,1-3H3. The summed E-state index contributed by atoms with van der Waals surface area (Å²) in [5.74, 6) is -0.634. The Balaban J connectivity index is 3.17. The molecule has 0 radical (unpaired) electrons. The molecule has 0 amide bonds. The van der Waals surface area contributed by atoms with Gasteiger partial charge in [0.2, 0.25) is 0 Å². The zero-order valence-electron chi connectivity index (χ0n) is 11.1. The first-order valence-corrected chi connectivity index (χ1v) is 6.29. The van der Waals surface area contributed by atoms with Crippen LogP contribution in [0.1, 0.15) is 32.8 Å². The van der Waals surface area contributed by atoms with E-state index in [4.69, 9.17) is 4.74 Å². The minimum Gasteiger partial charge on any atom is -0.464 e. The summed E-state index contributed by atoms with van der Waals surface area (Å²) >= 11 is 0. The first-order valence-electron chi connectivity index (χ1n) is 6.29. The lowest BCUT2D eigenvalue weighted by molar-refractivity contribution is -0.152. The smallest absolute Gasteiger partial charge is 0.330 e. The Hall–Kier alpha value is -1.42. The van der Waals surface area contributed by atoms with Crippen molar-refractivity contribution in [1.29, 1.82) is 0 Å². The summed E-state index contributed by atoms with van der Waals surface area (Å²) in [4.78, 5) is 12.2. The van der Waals surface area contributed by atoms with E-state index in [1.165, 1.54) is 12.1 Å². The molecule has 0 saturated heterocycles. The number of esters is 1. The van der Waals surface area contributed by atoms with Crippen molar-refractivity contribution in [2.24, 2.45) is 0 Å². The van der Waals surface area contributed by atoms with Crippen molar-refractivity contribution in [3.63, 3.8) is 0 Å². The molecule has 0 aromatic heterocycles. The molecular weight excluding hydrogens is 233 g/mol. The van der Waals surface area contributed by atoms with Gasteiger partial charge in [-0.25, -0.2) is 9.18 Å². The van der Waals surface area contributed by atoms with Crippen molar-refractivity contribution in [3.8, 4) is 0 Å². The van der Waals surface area contributed by atoms with Gasteiger partial charge in [0.05, 0.1) is 6.61 Å². The van der Waals surface area contributed by atoms with E-state index in [0.717, 1.165) is 5.56 Å². The summed E-state index contributed by atoms with van der Waals surface area (Å²) in [7, 11) is 0. The molecule has 0 spiro atoms. The van der Waals surface area contributed by atoms with Gasteiger partial charge in [-0.15, -0.1) is 0 Å². The number of hydrogen-bond donors (Lipinski definition) is 1. The lowest BCUT2D eigenvalue weighted by Gasteiger charge is -2.31. The Kier molecular flexibility index (Phi) is 5.28. The van der Waals surface area contributed by atoms with Gasteiger partial charge in [-0.2, -0.15) is 0 Å². The van der Waals surface area contributed by atoms with Gasteiger partial charge in [-0.3, -0.25) is 5.32 Å². The summed E-state index contributed by atoms with van der Waals surface area (Å²) in [6, 6.07) is 5.96. The van der Waals surface area contributed by atoms with Crippen LogP contribution >= 0.6 is 0 Å². The first kappa shape index (κ1) is 14.6. The van der Waals surface area contributed by atoms with E-state index in [9.17, 15) is 9.18 Å². The lowest BCUT2D eigenvalue weighted by Crippen LogP contribution is -2.49. The first-order chi connectivity index (χ1) is 8.60. The van der Waals surface area contributed by atoms with Crippen LogP contribution in [0.3, 0.4) is 0 Å². The van der Waals surface area contributed by atoms with E-state index >= 15 is 0 Å². The predicted octanol–water partition coefficient (Wildman–Crippen LogP) is 2.60. The number of likely N-dealkylation sites (N-methyl/N-ethyl adjacent to an activating group) is 1. The molecule has 1 atom stereocenters. The minimum atomic E-state index is -0.890. The second-order valence-electron chi connectivity index (χ2n) is 4.02. The van der Waals surface area contributed by atoms with Gasteiger partial charge in [0.25, 0.3) is 0 Å². The maximum atomic E-state index is 13.0. The van der Waals surface area contributed by atoms with Crippen molar-refractivity contribution in [1.82, 2.24) is 5.32 Å². The fourth-order valence-corrected chi connectivity index (χ4v) is 2.06. The molecule has 0 heterocycles. The highest BCUT2D eigenvalue weighted by Gasteiger charge is 2.39. The minimum absolute atomic E-state index is 0.316. The fraction of sp³-hybridized carbons (Fsp3) is 0.500. The molecule has 100 valence electrons. The van der Waals surface area contributed by atoms with Gasteiger partial charge in [0.1, 0.15) is 11.4 Å². The quantitative estimate of drug-likeness (QED) is 0.792. The van der Waals surface area contributed by atoms with Crippen LogP contribution in [0.25, 0.3) is 0 Å². The number of benzene rings is 1. The predicted molar refractivity (Wildman–Crippen MR) is 68.7 cm³/mol. The molecule has 4 heteroatoms. The molecule has 0 bridgehead atoms. The Bertz CT molecular complexity index is 391. The highest BCUT2D eigenvalue weighted by molar-refractivity contribution is 5.82. The van der Waals surface area contributed by atoms with Crippen molar-refractivity contribution >= 4 is 5.97 Å². The van der Waals surface area contributed by atoms with E-state index < -0.39 is 5.54 Å². The van der Waals surface area contributed by atoms with E-state index in [0.29, 0.717) is 19.6 Å². The second-order valence-corrected chi connectivity index (χ2v) is 4.02. The summed E-state index contributed by atoms with van der Waals surface area (Å²) in [6.07, 6.45) is 0.547. The molecule has 1 aromatic carbocycles. The van der Waals surface area contributed by atoms with Gasteiger partial charge >= 0.3 is 5.97 Å². The molecule has 1 rings (SSSR count). The number of halogens is 1. The monoisotopic (exact) mass is 253 g/mol. The van der Waals surface area contributed by atoms with Crippen LogP contribution in [0.5, 0.6) is 0 Å². The van der Waals surface area contributed by atoms with Crippen LogP contribution in [0.15, 0.2) is 24.3 Å². The molecular formula is C14H20FNO2. The Labute approximate surface area is 107 Å². The topological polar surface area (TPSA) is 38.3 Å². The summed E-state index contributed by atoms with van der Waals surface area (Å²) < 4.78 is 18.1. The van der Waals surface area contributed by atoms with Crippen LogP contribution in [0.4, 0.5) is 4.39 Å². The van der Waals surface area contributed by atoms with Crippen molar-refractivity contribution in [2.75, 3.05) is 13.2 Å². The number of carbonyl (C=O) groups is 1. The van der Waals surface area contributed by atoms with Crippen LogP contribution in [-0.2, 0) is 15.1 Å². The largest absolute Gasteiger partial charge is 0.464 e. The van der Waals surface area contributed by atoms with E-state index in [1.54, 1.807) is 19.1 Å². The molecule has 1 N–H and O–H groups in total. The molecule has 3 nitrogen and oxygen atoms in total. The normalized spacial score (nSPS) is 14.0. The zero-order valence-corrected chi connectivity index (χ0v) is 11.1. The third-order valence-electron chi connectivity index (χ3n) is 2.97. The fourth-order valence-electron chi connectivity index (χ4n) is 2.06. The maximum absolute atomic E-state index is 13.0. The zero-order chi connectivity index (χ0) is 13.6. The summed E-state index contributed by atoms with van der Waals surface area (Å²) in [6.45, 7) is 6.56. The SMILES string of the molecule is CCNC(CC)(C(=O)OCC)c1ccc(F)cc1. The van der Waals surface area contributed by atoms with Crippen LogP contribution in [0, 0.1) is 5.82 Å². The van der Waals surface area contributed by atoms with Crippen molar-refractivity contribution in [3.05, 3.63) is 35.6 Å². The van der Waals surface area contributed by atoms with Gasteiger partial charge in [-0.1, -0.05) is 26.0 Å². The molecule has 18 heavy (non-hydrogen) atoms. The number of carbonyl (C=O) groups excluding carboxylic acids is 1. The number of nitrogens with one attached hydrogen (secondary N) is 1. The van der Waals surface area contributed by atoms with Crippen LogP contribution in [0.2, 0.25) is 0 Å². The molecule has 0 aliphatic heterocycles. The van der Waals surface area contributed by atoms with Crippen molar-refractivity contribution in [2.45, 2.75) is 32.7 Å². The highest BCUT2D eigenvalue weighted by atomic mass is 19.1. The average molecular weight is 253 g/mol.